The molecule has 0 aliphatic carbocycles. The van der Waals surface area contributed by atoms with Gasteiger partial charge in [0, 0.05) is 5.02 Å². The Kier molecular flexibility index (Phi) is 2.16. The van der Waals surface area contributed by atoms with E-state index in [1.807, 2.05) is 6.07 Å². The zero-order valence-electron chi connectivity index (χ0n) is 6.35. The molecule has 1 aromatic carbocycles. The normalized spacial score (nSPS) is 10.3. The average Bonchev–Trinajstić information content (AvgIpc) is 2.51. The second-order valence-electron chi connectivity index (χ2n) is 2.34. The molecule has 0 aliphatic heterocycles. The molecule has 0 unspecified atom stereocenters. The lowest BCUT2D eigenvalue weighted by molar-refractivity contribution is 0.789. The van der Waals surface area contributed by atoms with Gasteiger partial charge in [0.15, 0.2) is 0 Å². The van der Waals surface area contributed by atoms with Gasteiger partial charge in [0.05, 0.1) is 5.69 Å². The van der Waals surface area contributed by atoms with Crippen molar-refractivity contribution in [1.29, 1.82) is 0 Å². The Morgan fingerprint density at radius 3 is 2.69 bits per heavy atom. The fourth-order valence-corrected chi connectivity index (χ4v) is 1.29. The molecule has 0 radical (unpaired) electrons. The molecule has 0 atom stereocenters. The van der Waals surface area contributed by atoms with Crippen molar-refractivity contribution < 1.29 is 0 Å². The zero-order chi connectivity index (χ0) is 9.26. The number of hydrogen-bond donors (Lipinski definition) is 0. The molecule has 4 nitrogen and oxygen atoms in total. The van der Waals surface area contributed by atoms with Crippen LogP contribution >= 0.6 is 23.2 Å². The highest BCUT2D eigenvalue weighted by molar-refractivity contribution is 6.30. The van der Waals surface area contributed by atoms with Crippen LogP contribution in [0.1, 0.15) is 0 Å². The first-order valence-electron chi connectivity index (χ1n) is 3.47. The van der Waals surface area contributed by atoms with E-state index in [-0.39, 0.29) is 5.28 Å². The van der Waals surface area contributed by atoms with E-state index >= 15 is 0 Å². The second kappa shape index (κ2) is 3.32. The molecule has 0 fully saturated rings. The van der Waals surface area contributed by atoms with Crippen molar-refractivity contribution in [2.24, 2.45) is 0 Å². The van der Waals surface area contributed by atoms with E-state index in [1.165, 1.54) is 4.68 Å². The maximum Gasteiger partial charge on any atom is 0.247 e. The van der Waals surface area contributed by atoms with Crippen LogP contribution in [-0.4, -0.2) is 20.2 Å². The average molecular weight is 215 g/mol. The number of nitrogens with zero attached hydrogens (tertiary/aromatic N) is 4. The van der Waals surface area contributed by atoms with Crippen molar-refractivity contribution in [1.82, 2.24) is 20.2 Å². The Balaban J connectivity index is 2.53. The van der Waals surface area contributed by atoms with Crippen LogP contribution in [0.4, 0.5) is 0 Å². The summed E-state index contributed by atoms with van der Waals surface area (Å²) in [6, 6.07) is 7.11. The van der Waals surface area contributed by atoms with Gasteiger partial charge in [-0.3, -0.25) is 0 Å². The Hall–Kier alpha value is -1.13. The molecule has 0 saturated heterocycles. The number of halogens is 2. The van der Waals surface area contributed by atoms with Crippen molar-refractivity contribution in [3.63, 3.8) is 0 Å². The van der Waals surface area contributed by atoms with Gasteiger partial charge < -0.3 is 0 Å². The molecular formula is C7H4Cl2N4. The van der Waals surface area contributed by atoms with E-state index in [0.29, 0.717) is 5.02 Å². The minimum absolute atomic E-state index is 0.210. The van der Waals surface area contributed by atoms with Gasteiger partial charge in [-0.05, 0) is 40.2 Å². The highest BCUT2D eigenvalue weighted by Gasteiger charge is 2.04. The summed E-state index contributed by atoms with van der Waals surface area (Å²) in [5, 5.41) is 11.5. The summed E-state index contributed by atoms with van der Waals surface area (Å²) >= 11 is 11.5. The first-order chi connectivity index (χ1) is 6.27. The third-order valence-electron chi connectivity index (χ3n) is 1.48. The zero-order valence-corrected chi connectivity index (χ0v) is 7.87. The standard InChI is InChI=1S/C7H4Cl2N4/c8-5-2-1-3-6(4-5)13-7(9)10-11-12-13/h1-4H. The number of benzene rings is 1. The SMILES string of the molecule is Clc1cccc(-n2nnnc2Cl)c1. The molecule has 0 N–H and O–H groups in total. The molecule has 66 valence electrons. The van der Waals surface area contributed by atoms with Gasteiger partial charge in [0.2, 0.25) is 5.28 Å². The fraction of sp³-hybridized carbons (Fsp3) is 0. The molecule has 2 rings (SSSR count). The van der Waals surface area contributed by atoms with Crippen LogP contribution in [0.3, 0.4) is 0 Å². The van der Waals surface area contributed by atoms with Crippen LogP contribution in [0, 0.1) is 0 Å². The Labute approximate surface area is 84.1 Å². The number of rotatable bonds is 1. The van der Waals surface area contributed by atoms with E-state index in [0.717, 1.165) is 5.69 Å². The van der Waals surface area contributed by atoms with Crippen molar-refractivity contribution in [2.45, 2.75) is 0 Å². The Morgan fingerprint density at radius 1 is 1.23 bits per heavy atom. The summed E-state index contributed by atoms with van der Waals surface area (Å²) in [4.78, 5) is 0. The Morgan fingerprint density at radius 2 is 2.08 bits per heavy atom. The molecular weight excluding hydrogens is 211 g/mol. The largest absolute Gasteiger partial charge is 0.247 e. The molecule has 2 aromatic rings. The van der Waals surface area contributed by atoms with Crippen LogP contribution < -0.4 is 0 Å². The summed E-state index contributed by atoms with van der Waals surface area (Å²) in [5.41, 5.74) is 0.738. The van der Waals surface area contributed by atoms with Gasteiger partial charge >= 0.3 is 0 Å². The van der Waals surface area contributed by atoms with Crippen LogP contribution in [0.5, 0.6) is 0 Å². The molecule has 0 spiro atoms. The van der Waals surface area contributed by atoms with Gasteiger partial charge in [-0.25, -0.2) is 0 Å². The molecule has 1 aromatic heterocycles. The third-order valence-corrected chi connectivity index (χ3v) is 1.96. The fourth-order valence-electron chi connectivity index (χ4n) is 0.942. The van der Waals surface area contributed by atoms with Gasteiger partial charge in [-0.15, -0.1) is 0 Å². The minimum Gasteiger partial charge on any atom is -0.183 e. The molecule has 0 aliphatic rings. The molecule has 0 bridgehead atoms. The van der Waals surface area contributed by atoms with Crippen LogP contribution in [-0.2, 0) is 0 Å². The molecule has 1 heterocycles. The van der Waals surface area contributed by atoms with E-state index in [4.69, 9.17) is 23.2 Å². The predicted molar refractivity (Wildman–Crippen MR) is 49.2 cm³/mol. The van der Waals surface area contributed by atoms with Gasteiger partial charge in [-0.2, -0.15) is 4.68 Å². The second-order valence-corrected chi connectivity index (χ2v) is 3.11. The molecule has 0 amide bonds. The maximum atomic E-state index is 5.79. The van der Waals surface area contributed by atoms with Gasteiger partial charge in [-0.1, -0.05) is 22.8 Å². The van der Waals surface area contributed by atoms with Crippen LogP contribution in [0.25, 0.3) is 5.69 Å². The van der Waals surface area contributed by atoms with Crippen molar-refractivity contribution >= 4 is 23.2 Å². The minimum atomic E-state index is 0.210. The summed E-state index contributed by atoms with van der Waals surface area (Å²) < 4.78 is 1.40. The molecule has 0 saturated carbocycles. The topological polar surface area (TPSA) is 43.6 Å². The molecule has 13 heavy (non-hydrogen) atoms. The lowest BCUT2D eigenvalue weighted by Gasteiger charge is -1.99. The first kappa shape index (κ1) is 8.47. The number of tetrazole rings is 1. The first-order valence-corrected chi connectivity index (χ1v) is 4.23. The highest BCUT2D eigenvalue weighted by Crippen LogP contribution is 2.15. The Bertz CT molecular complexity index is 426. The summed E-state index contributed by atoms with van der Waals surface area (Å²) in [7, 11) is 0. The van der Waals surface area contributed by atoms with Crippen LogP contribution in [0.2, 0.25) is 10.3 Å². The number of hydrogen-bond acceptors (Lipinski definition) is 3. The van der Waals surface area contributed by atoms with E-state index in [1.54, 1.807) is 18.2 Å². The van der Waals surface area contributed by atoms with Crippen molar-refractivity contribution in [2.75, 3.05) is 0 Å². The quantitative estimate of drug-likeness (QED) is 0.730. The van der Waals surface area contributed by atoms with Crippen LogP contribution in [0.15, 0.2) is 24.3 Å². The molecule has 6 heteroatoms. The smallest absolute Gasteiger partial charge is 0.183 e. The maximum absolute atomic E-state index is 5.79. The van der Waals surface area contributed by atoms with Crippen molar-refractivity contribution in [3.8, 4) is 5.69 Å². The van der Waals surface area contributed by atoms with Crippen molar-refractivity contribution in [3.05, 3.63) is 34.6 Å². The lowest BCUT2D eigenvalue weighted by atomic mass is 10.3. The summed E-state index contributed by atoms with van der Waals surface area (Å²) in [6.07, 6.45) is 0. The summed E-state index contributed by atoms with van der Waals surface area (Å²) in [6.45, 7) is 0. The van der Waals surface area contributed by atoms with E-state index in [9.17, 15) is 0 Å². The highest BCUT2D eigenvalue weighted by atomic mass is 35.5. The predicted octanol–water partition coefficient (Wildman–Crippen LogP) is 1.97. The van der Waals surface area contributed by atoms with Gasteiger partial charge in [0.1, 0.15) is 0 Å². The summed E-state index contributed by atoms with van der Waals surface area (Å²) in [5.74, 6) is 0. The van der Waals surface area contributed by atoms with E-state index in [2.05, 4.69) is 15.5 Å². The van der Waals surface area contributed by atoms with E-state index < -0.39 is 0 Å². The number of aromatic nitrogens is 4. The third kappa shape index (κ3) is 1.64. The monoisotopic (exact) mass is 214 g/mol. The lowest BCUT2D eigenvalue weighted by Crippen LogP contribution is -1.96. The van der Waals surface area contributed by atoms with Gasteiger partial charge in [0.25, 0.3) is 0 Å².